The highest BCUT2D eigenvalue weighted by Crippen LogP contribution is 2.56. The molecule has 90 valence electrons. The first-order valence-electron chi connectivity index (χ1n) is 4.52. The third-order valence-corrected chi connectivity index (χ3v) is 4.72. The molecule has 1 rings (SSSR count). The fraction of sp³-hybridized carbons (Fsp3) is 1.00. The van der Waals surface area contributed by atoms with Crippen LogP contribution in [-0.2, 0) is 13.6 Å². The van der Waals surface area contributed by atoms with Crippen molar-refractivity contribution < 1.29 is 13.6 Å². The van der Waals surface area contributed by atoms with Crippen molar-refractivity contribution >= 4 is 42.5 Å². The molecule has 0 radical (unpaired) electrons. The summed E-state index contributed by atoms with van der Waals surface area (Å²) in [6.07, 6.45) is -0.314. The predicted octanol–water partition coefficient (Wildman–Crippen LogP) is 2.53. The first-order chi connectivity index (χ1) is 7.16. The van der Waals surface area contributed by atoms with Gasteiger partial charge in [-0.15, -0.1) is 34.8 Å². The summed E-state index contributed by atoms with van der Waals surface area (Å²) in [7, 11) is -3.21. The van der Waals surface area contributed by atoms with E-state index in [0.717, 1.165) is 0 Å². The lowest BCUT2D eigenvalue weighted by molar-refractivity contribution is 0.238. The molecule has 1 aliphatic rings. The Morgan fingerprint density at radius 1 is 1.27 bits per heavy atom. The largest absolute Gasteiger partial charge is 0.408 e. The fourth-order valence-corrected chi connectivity index (χ4v) is 4.00. The molecule has 15 heavy (non-hydrogen) atoms. The van der Waals surface area contributed by atoms with Crippen LogP contribution in [0.5, 0.6) is 0 Å². The summed E-state index contributed by atoms with van der Waals surface area (Å²) in [6, 6.07) is 0. The van der Waals surface area contributed by atoms with Crippen LogP contribution in [0.1, 0.15) is 0 Å². The molecule has 0 spiro atoms. The molecule has 8 heteroatoms. The summed E-state index contributed by atoms with van der Waals surface area (Å²) in [5.74, 6) is 0.956. The van der Waals surface area contributed by atoms with Gasteiger partial charge < -0.3 is 0 Å². The van der Waals surface area contributed by atoms with Gasteiger partial charge in [0.05, 0.1) is 12.5 Å². The number of nitrogens with zero attached hydrogens (tertiary/aromatic N) is 1. The Morgan fingerprint density at radius 3 is 2.27 bits per heavy atom. The maximum atomic E-state index is 12.2. The Hall–Kier alpha value is 0.980. The topological polar surface area (TPSA) is 38.8 Å². The summed E-state index contributed by atoms with van der Waals surface area (Å²) in [4.78, 5) is 0. The molecule has 1 aliphatic heterocycles. The molecular weight excluding hydrogens is 283 g/mol. The minimum atomic E-state index is -3.21. The fourth-order valence-electron chi connectivity index (χ4n) is 1.20. The lowest BCUT2D eigenvalue weighted by Gasteiger charge is -2.24. The smallest absolute Gasteiger partial charge is 0.294 e. The highest BCUT2D eigenvalue weighted by Gasteiger charge is 2.41. The second-order valence-corrected chi connectivity index (χ2v) is 6.01. The summed E-state index contributed by atoms with van der Waals surface area (Å²) in [5, 5.41) is 0. The Balaban J connectivity index is 2.61. The van der Waals surface area contributed by atoms with E-state index >= 15 is 0 Å². The highest BCUT2D eigenvalue weighted by molar-refractivity contribution is 7.51. The van der Waals surface area contributed by atoms with Crippen LogP contribution in [0.2, 0.25) is 0 Å². The number of hydrogen-bond donors (Lipinski definition) is 0. The standard InChI is InChI=1S/C7H13Cl3NO3P/c8-1-3-11(4-2-9)15(12)13-6-7(5-10)14-15/h7H,1-6H2. The molecule has 2 atom stereocenters. The molecule has 1 heterocycles. The van der Waals surface area contributed by atoms with Crippen molar-refractivity contribution in [2.45, 2.75) is 6.10 Å². The van der Waals surface area contributed by atoms with Crippen LogP contribution in [-0.4, -0.2) is 48.1 Å². The lowest BCUT2D eigenvalue weighted by Crippen LogP contribution is -2.25. The van der Waals surface area contributed by atoms with Gasteiger partial charge in [0, 0.05) is 24.8 Å². The monoisotopic (exact) mass is 295 g/mol. The van der Waals surface area contributed by atoms with Gasteiger partial charge in [0.15, 0.2) is 0 Å². The average molecular weight is 297 g/mol. The predicted molar refractivity (Wildman–Crippen MR) is 62.2 cm³/mol. The van der Waals surface area contributed by atoms with E-state index in [-0.39, 0.29) is 18.6 Å². The minimum absolute atomic E-state index is 0.252. The van der Waals surface area contributed by atoms with Crippen molar-refractivity contribution in [1.82, 2.24) is 4.67 Å². The number of alkyl halides is 3. The maximum Gasteiger partial charge on any atom is 0.408 e. The van der Waals surface area contributed by atoms with Crippen molar-refractivity contribution in [2.75, 3.05) is 37.3 Å². The van der Waals surface area contributed by atoms with E-state index in [4.69, 9.17) is 43.9 Å². The summed E-state index contributed by atoms with van der Waals surface area (Å²) >= 11 is 16.8. The Morgan fingerprint density at radius 2 is 1.87 bits per heavy atom. The number of halogens is 3. The van der Waals surface area contributed by atoms with Gasteiger partial charge in [0.1, 0.15) is 6.10 Å². The van der Waals surface area contributed by atoms with Crippen molar-refractivity contribution in [3.63, 3.8) is 0 Å². The normalized spacial score (nSPS) is 31.3. The van der Waals surface area contributed by atoms with Gasteiger partial charge in [-0.25, -0.2) is 9.24 Å². The van der Waals surface area contributed by atoms with Gasteiger partial charge >= 0.3 is 7.75 Å². The summed E-state index contributed by atoms with van der Waals surface area (Å²) in [5.41, 5.74) is 0. The minimum Gasteiger partial charge on any atom is -0.294 e. The Labute approximate surface area is 104 Å². The number of hydrogen-bond acceptors (Lipinski definition) is 3. The number of rotatable bonds is 6. The molecule has 0 bridgehead atoms. The van der Waals surface area contributed by atoms with Crippen LogP contribution in [0.15, 0.2) is 0 Å². The van der Waals surface area contributed by atoms with Crippen LogP contribution >= 0.6 is 42.5 Å². The van der Waals surface area contributed by atoms with Crippen LogP contribution < -0.4 is 0 Å². The highest BCUT2D eigenvalue weighted by atomic mass is 35.5. The second kappa shape index (κ2) is 6.65. The van der Waals surface area contributed by atoms with Crippen molar-refractivity contribution in [2.24, 2.45) is 0 Å². The van der Waals surface area contributed by atoms with Gasteiger partial charge in [-0.3, -0.25) is 9.05 Å². The molecule has 2 unspecified atom stereocenters. The summed E-state index contributed by atoms with van der Waals surface area (Å²) in [6.45, 7) is 1.09. The van der Waals surface area contributed by atoms with Crippen LogP contribution in [0.4, 0.5) is 0 Å². The van der Waals surface area contributed by atoms with Crippen LogP contribution in [0, 0.1) is 0 Å². The van der Waals surface area contributed by atoms with Gasteiger partial charge in [-0.05, 0) is 0 Å². The van der Waals surface area contributed by atoms with E-state index in [0.29, 0.717) is 24.8 Å². The zero-order valence-corrected chi connectivity index (χ0v) is 11.2. The molecule has 1 fully saturated rings. The van der Waals surface area contributed by atoms with Gasteiger partial charge in [-0.1, -0.05) is 0 Å². The van der Waals surface area contributed by atoms with Crippen LogP contribution in [0.3, 0.4) is 0 Å². The van der Waals surface area contributed by atoms with E-state index in [9.17, 15) is 4.57 Å². The molecule has 0 aromatic rings. The molecule has 0 amide bonds. The zero-order valence-electron chi connectivity index (χ0n) is 8.07. The third kappa shape index (κ3) is 3.74. The van der Waals surface area contributed by atoms with Gasteiger partial charge in [0.2, 0.25) is 0 Å². The molecule has 0 saturated carbocycles. The third-order valence-electron chi connectivity index (χ3n) is 1.91. The van der Waals surface area contributed by atoms with E-state index in [1.54, 1.807) is 4.67 Å². The molecule has 0 aromatic carbocycles. The molecule has 4 nitrogen and oxygen atoms in total. The maximum absolute atomic E-state index is 12.2. The first kappa shape index (κ1) is 14.0. The van der Waals surface area contributed by atoms with Gasteiger partial charge in [0.25, 0.3) is 0 Å². The van der Waals surface area contributed by atoms with E-state index in [2.05, 4.69) is 0 Å². The van der Waals surface area contributed by atoms with E-state index < -0.39 is 7.75 Å². The molecule has 0 aliphatic carbocycles. The van der Waals surface area contributed by atoms with Crippen molar-refractivity contribution in [3.05, 3.63) is 0 Å². The summed E-state index contributed by atoms with van der Waals surface area (Å²) < 4.78 is 24.2. The van der Waals surface area contributed by atoms with Crippen LogP contribution in [0.25, 0.3) is 0 Å². The lowest BCUT2D eigenvalue weighted by atomic mass is 10.5. The Bertz CT molecular complexity index is 238. The molecular formula is C7H13Cl3NO3P. The van der Waals surface area contributed by atoms with E-state index in [1.807, 2.05) is 0 Å². The van der Waals surface area contributed by atoms with Crippen molar-refractivity contribution in [1.29, 1.82) is 0 Å². The molecule has 0 aromatic heterocycles. The van der Waals surface area contributed by atoms with E-state index in [1.165, 1.54) is 0 Å². The average Bonchev–Trinajstić information content (AvgIpc) is 2.61. The first-order valence-corrected chi connectivity index (χ1v) is 7.62. The second-order valence-electron chi connectivity index (χ2n) is 2.98. The Kier molecular flexibility index (Phi) is 6.23. The quantitative estimate of drug-likeness (QED) is 0.558. The van der Waals surface area contributed by atoms with Gasteiger partial charge in [-0.2, -0.15) is 0 Å². The SMILES string of the molecule is O=P1(N(CCCl)CCCl)OCC(CCl)O1. The van der Waals surface area contributed by atoms with Crippen molar-refractivity contribution in [3.8, 4) is 0 Å². The molecule has 0 N–H and O–H groups in total. The zero-order chi connectivity index (χ0) is 11.3. The molecule has 1 saturated heterocycles.